The molecule has 1 atom stereocenters. The molecule has 4 heterocycles. The number of allylic oxidation sites excluding steroid dienone is 2. The van der Waals surface area contributed by atoms with Crippen LogP contribution in [0.5, 0.6) is 0 Å². The molecule has 0 fully saturated rings. The molecule has 0 radical (unpaired) electrons. The number of H-pyrrole nitrogens is 1. The van der Waals surface area contributed by atoms with Gasteiger partial charge in [-0.2, -0.15) is 0 Å². The van der Waals surface area contributed by atoms with E-state index in [0.717, 1.165) is 22.4 Å². The topological polar surface area (TPSA) is 131 Å². The molecule has 0 saturated heterocycles. The number of primary amides is 1. The molecule has 4 N–H and O–H groups in total. The molecule has 0 spiro atoms. The van der Waals surface area contributed by atoms with Crippen molar-refractivity contribution in [1.29, 1.82) is 0 Å². The summed E-state index contributed by atoms with van der Waals surface area (Å²) in [6, 6.07) is 9.36. The molecule has 9 nitrogen and oxygen atoms in total. The fourth-order valence-electron chi connectivity index (χ4n) is 4.36. The van der Waals surface area contributed by atoms with Crippen LogP contribution in [0, 0.1) is 0 Å². The number of rotatable bonds is 7. The van der Waals surface area contributed by atoms with E-state index in [1.807, 2.05) is 36.4 Å². The van der Waals surface area contributed by atoms with Crippen molar-refractivity contribution in [3.05, 3.63) is 108 Å². The number of carbonyl (C=O) groups is 3. The van der Waals surface area contributed by atoms with E-state index in [4.69, 9.17) is 5.73 Å². The molecule has 0 aliphatic carbocycles. The zero-order valence-corrected chi connectivity index (χ0v) is 19.2. The van der Waals surface area contributed by atoms with Gasteiger partial charge in [0, 0.05) is 29.2 Å². The maximum Gasteiger partial charge on any atom is 0.356 e. The van der Waals surface area contributed by atoms with E-state index in [2.05, 4.69) is 20.3 Å². The number of aromatic nitrogens is 3. The smallest absolute Gasteiger partial charge is 0.356 e. The summed E-state index contributed by atoms with van der Waals surface area (Å²) in [5.41, 5.74) is 9.94. The van der Waals surface area contributed by atoms with Gasteiger partial charge >= 0.3 is 5.91 Å². The molecule has 2 aliphatic rings. The molecule has 1 aromatic carbocycles. The minimum atomic E-state index is -0.754. The number of pyridine rings is 1. The van der Waals surface area contributed by atoms with Crippen LogP contribution in [-0.4, -0.2) is 43.7 Å². The first kappa shape index (κ1) is 22.9. The second-order valence-corrected chi connectivity index (χ2v) is 8.55. The molecule has 9 heteroatoms. The lowest BCUT2D eigenvalue weighted by atomic mass is 10.0. The second-order valence-electron chi connectivity index (χ2n) is 8.55. The summed E-state index contributed by atoms with van der Waals surface area (Å²) in [6.45, 7) is 0.614. The number of amides is 3. The third-order valence-electron chi connectivity index (χ3n) is 6.11. The van der Waals surface area contributed by atoms with E-state index < -0.39 is 5.91 Å². The van der Waals surface area contributed by atoms with Crippen molar-refractivity contribution in [2.75, 3.05) is 11.9 Å². The van der Waals surface area contributed by atoms with E-state index in [1.165, 1.54) is 6.08 Å². The summed E-state index contributed by atoms with van der Waals surface area (Å²) in [5, 5.41) is 2.90. The Kier molecular flexibility index (Phi) is 5.97. The van der Waals surface area contributed by atoms with Crippen molar-refractivity contribution >= 4 is 41.1 Å². The molecular formula is C27H23N6O3+. The average molecular weight is 480 g/mol. The summed E-state index contributed by atoms with van der Waals surface area (Å²) in [5.74, 6) is -1.31. The van der Waals surface area contributed by atoms with Gasteiger partial charge in [-0.25, -0.2) is 14.3 Å². The normalized spacial score (nSPS) is 20.0. The fourth-order valence-corrected chi connectivity index (χ4v) is 4.36. The summed E-state index contributed by atoms with van der Waals surface area (Å²) in [6.07, 6.45) is 17.0. The van der Waals surface area contributed by atoms with Gasteiger partial charge < -0.3 is 16.0 Å². The average Bonchev–Trinajstić information content (AvgIpc) is 3.49. The minimum absolute atomic E-state index is 0.0355. The van der Waals surface area contributed by atoms with Crippen molar-refractivity contribution < 1.29 is 18.9 Å². The van der Waals surface area contributed by atoms with Crippen LogP contribution < -0.4 is 11.1 Å². The number of aromatic amines is 1. The van der Waals surface area contributed by atoms with Gasteiger partial charge in [-0.3, -0.25) is 14.6 Å². The van der Waals surface area contributed by atoms with Crippen molar-refractivity contribution in [2.24, 2.45) is 5.73 Å². The summed E-state index contributed by atoms with van der Waals surface area (Å²) >= 11 is 0. The van der Waals surface area contributed by atoms with Gasteiger partial charge in [-0.1, -0.05) is 24.3 Å². The Balaban J connectivity index is 1.40. The third kappa shape index (κ3) is 4.42. The lowest BCUT2D eigenvalue weighted by Gasteiger charge is -2.33. The summed E-state index contributed by atoms with van der Waals surface area (Å²) in [4.78, 5) is 48.8. The Morgan fingerprint density at radius 3 is 2.78 bits per heavy atom. The number of carbonyl (C=O) groups excluding carboxylic acids is 3. The third-order valence-corrected chi connectivity index (χ3v) is 6.11. The number of nitrogens with zero attached hydrogens (tertiary/aromatic N) is 3. The first-order valence-corrected chi connectivity index (χ1v) is 11.3. The van der Waals surface area contributed by atoms with Gasteiger partial charge in [0.15, 0.2) is 0 Å². The molecule has 3 amide bonds. The van der Waals surface area contributed by atoms with Crippen LogP contribution in [0.4, 0.5) is 5.69 Å². The number of anilines is 1. The lowest BCUT2D eigenvalue weighted by Crippen LogP contribution is -2.51. The van der Waals surface area contributed by atoms with Crippen LogP contribution >= 0.6 is 0 Å². The molecule has 5 rings (SSSR count). The highest BCUT2D eigenvalue weighted by molar-refractivity contribution is 6.34. The minimum Gasteiger partial charge on any atom is -0.365 e. The summed E-state index contributed by atoms with van der Waals surface area (Å²) in [7, 11) is 0. The van der Waals surface area contributed by atoms with Crippen molar-refractivity contribution in [1.82, 2.24) is 15.0 Å². The maximum absolute atomic E-state index is 13.3. The van der Waals surface area contributed by atoms with Crippen LogP contribution in [0.15, 0.2) is 85.3 Å². The van der Waals surface area contributed by atoms with E-state index >= 15 is 0 Å². The van der Waals surface area contributed by atoms with Gasteiger partial charge in [0.05, 0.1) is 23.8 Å². The maximum atomic E-state index is 13.3. The molecule has 2 aliphatic heterocycles. The van der Waals surface area contributed by atoms with Crippen LogP contribution in [0.2, 0.25) is 0 Å². The molecule has 2 aromatic heterocycles. The number of quaternary nitrogens is 1. The molecular weight excluding hydrogens is 456 g/mol. The molecule has 178 valence electrons. The largest absolute Gasteiger partial charge is 0.365 e. The predicted molar refractivity (Wildman–Crippen MR) is 135 cm³/mol. The first-order chi connectivity index (χ1) is 17.4. The van der Waals surface area contributed by atoms with Gasteiger partial charge in [-0.15, -0.1) is 0 Å². The van der Waals surface area contributed by atoms with Gasteiger partial charge in [0.1, 0.15) is 24.9 Å². The second kappa shape index (κ2) is 9.40. The number of fused-ring (bicyclic) bond motifs is 1. The van der Waals surface area contributed by atoms with Gasteiger partial charge in [0.2, 0.25) is 0 Å². The SMILES string of the molecule is NC(=O)C1=CC=C[N+](C/C=C/c2ccc3c(c2)NC(=O)/C3=C\c2cnc[nH]2)(Cc2cccnc2)C1=O. The Hall–Kier alpha value is -4.89. The number of nitrogens with one attached hydrogen (secondary N) is 2. The highest BCUT2D eigenvalue weighted by Crippen LogP contribution is 2.34. The van der Waals surface area contributed by atoms with Crippen LogP contribution in [0.3, 0.4) is 0 Å². The number of hydrogen-bond donors (Lipinski definition) is 3. The number of imidazole rings is 1. The Bertz CT molecular complexity index is 1470. The number of hydrogen-bond acceptors (Lipinski definition) is 5. The molecule has 1 unspecified atom stereocenters. The molecule has 36 heavy (non-hydrogen) atoms. The van der Waals surface area contributed by atoms with E-state index in [0.29, 0.717) is 24.4 Å². The summed E-state index contributed by atoms with van der Waals surface area (Å²) < 4.78 is -0.129. The Morgan fingerprint density at radius 1 is 1.14 bits per heavy atom. The van der Waals surface area contributed by atoms with Crippen LogP contribution in [-0.2, 0) is 20.9 Å². The van der Waals surface area contributed by atoms with Gasteiger partial charge in [-0.05, 0) is 42.0 Å². The molecule has 3 aromatic rings. The molecule has 0 bridgehead atoms. The van der Waals surface area contributed by atoms with Crippen molar-refractivity contribution in [3.63, 3.8) is 0 Å². The van der Waals surface area contributed by atoms with Crippen LogP contribution in [0.1, 0.15) is 22.4 Å². The van der Waals surface area contributed by atoms with Crippen molar-refractivity contribution in [2.45, 2.75) is 6.54 Å². The Labute approximate surface area is 207 Å². The standard InChI is InChI=1S/C27H22N6O3/c28-25(34)22-6-3-11-33(27(22)36,16-19-4-1-9-29-14-19)10-2-5-18-7-8-21-23(13-20-15-30-17-31-20)26(35)32-24(21)12-18/h1-9,11-15,17H,10,16H2,(H3-,28,30,31,32,34,35)/p+1/b5-2+. The predicted octanol–water partition coefficient (Wildman–Crippen LogP) is 2.79. The lowest BCUT2D eigenvalue weighted by molar-refractivity contribution is -0.809. The Morgan fingerprint density at radius 2 is 2.03 bits per heavy atom. The number of nitrogens with two attached hydrogens (primary N) is 1. The zero-order chi connectivity index (χ0) is 25.1. The van der Waals surface area contributed by atoms with Crippen LogP contribution in [0.25, 0.3) is 17.7 Å². The number of benzene rings is 1. The zero-order valence-electron chi connectivity index (χ0n) is 19.2. The van der Waals surface area contributed by atoms with E-state index in [9.17, 15) is 14.4 Å². The van der Waals surface area contributed by atoms with E-state index in [-0.39, 0.29) is 21.9 Å². The molecule has 0 saturated carbocycles. The quantitative estimate of drug-likeness (QED) is 0.272. The first-order valence-electron chi connectivity index (χ1n) is 11.3. The monoisotopic (exact) mass is 479 g/mol. The highest BCUT2D eigenvalue weighted by atomic mass is 16.2. The van der Waals surface area contributed by atoms with Crippen molar-refractivity contribution in [3.8, 4) is 0 Å². The van der Waals surface area contributed by atoms with Gasteiger partial charge in [0.25, 0.3) is 11.8 Å². The highest BCUT2D eigenvalue weighted by Gasteiger charge is 2.40. The van der Waals surface area contributed by atoms with E-state index in [1.54, 1.807) is 49.3 Å². The fraction of sp³-hybridized carbons (Fsp3) is 0.0741.